The maximum absolute atomic E-state index is 10.4. The Kier molecular flexibility index (Phi) is 4.43. The zero-order valence-corrected chi connectivity index (χ0v) is 13.2. The van der Waals surface area contributed by atoms with Crippen LogP contribution in [0.1, 0.15) is 33.9 Å². The maximum Gasteiger partial charge on any atom is 0.0833 e. The molecule has 0 aromatic heterocycles. The lowest BCUT2D eigenvalue weighted by molar-refractivity contribution is 0.177. The van der Waals surface area contributed by atoms with Gasteiger partial charge in [0.25, 0.3) is 0 Å². The fraction of sp³-hybridized carbons (Fsp3) is 0.294. The van der Waals surface area contributed by atoms with Gasteiger partial charge in [-0.1, -0.05) is 51.8 Å². The lowest BCUT2D eigenvalue weighted by Gasteiger charge is -2.16. The van der Waals surface area contributed by atoms with Crippen molar-refractivity contribution in [3.63, 3.8) is 0 Å². The average molecular weight is 319 g/mol. The lowest BCUT2D eigenvalue weighted by Crippen LogP contribution is -2.04. The summed E-state index contributed by atoms with van der Waals surface area (Å²) in [6.45, 7) is 6.16. The van der Waals surface area contributed by atoms with Gasteiger partial charge in [-0.05, 0) is 49.1 Å². The Hall–Kier alpha value is -1.12. The fourth-order valence-corrected chi connectivity index (χ4v) is 2.68. The van der Waals surface area contributed by atoms with E-state index in [2.05, 4.69) is 59.3 Å². The van der Waals surface area contributed by atoms with Crippen LogP contribution in [0.15, 0.2) is 40.9 Å². The summed E-state index contributed by atoms with van der Waals surface area (Å²) in [4.78, 5) is 0. The molecule has 2 aromatic carbocycles. The van der Waals surface area contributed by atoms with Crippen LogP contribution in [-0.2, 0) is 6.42 Å². The molecular weight excluding hydrogens is 300 g/mol. The number of hydrogen-bond donors (Lipinski definition) is 1. The van der Waals surface area contributed by atoms with Crippen molar-refractivity contribution in [2.24, 2.45) is 0 Å². The van der Waals surface area contributed by atoms with Crippen molar-refractivity contribution < 1.29 is 5.11 Å². The minimum Gasteiger partial charge on any atom is -0.388 e. The summed E-state index contributed by atoms with van der Waals surface area (Å²) in [5, 5.41) is 10.4. The molecule has 0 heterocycles. The molecule has 1 nitrogen and oxygen atoms in total. The molecule has 19 heavy (non-hydrogen) atoms. The summed E-state index contributed by atoms with van der Waals surface area (Å²) in [6, 6.07) is 12.5. The fourth-order valence-electron chi connectivity index (χ4n) is 2.22. The summed E-state index contributed by atoms with van der Waals surface area (Å²) < 4.78 is 1.09. The molecule has 0 radical (unpaired) electrons. The molecular formula is C17H19BrO. The average Bonchev–Trinajstić information content (AvgIpc) is 2.36. The van der Waals surface area contributed by atoms with Crippen molar-refractivity contribution in [1.29, 1.82) is 0 Å². The van der Waals surface area contributed by atoms with Crippen molar-refractivity contribution in [2.75, 3.05) is 0 Å². The van der Waals surface area contributed by atoms with Crippen LogP contribution >= 0.6 is 15.9 Å². The van der Waals surface area contributed by atoms with E-state index in [1.807, 2.05) is 13.8 Å². The van der Waals surface area contributed by atoms with Gasteiger partial charge in [0.05, 0.1) is 6.10 Å². The normalized spacial score (nSPS) is 12.5. The van der Waals surface area contributed by atoms with E-state index in [0.29, 0.717) is 6.42 Å². The Morgan fingerprint density at radius 3 is 2.26 bits per heavy atom. The molecule has 1 atom stereocenters. The zero-order valence-electron chi connectivity index (χ0n) is 11.6. The maximum atomic E-state index is 10.4. The summed E-state index contributed by atoms with van der Waals surface area (Å²) in [7, 11) is 0. The molecule has 2 rings (SSSR count). The standard InChI is InChI=1S/C17H19BrO/c1-11-4-6-14(7-5-11)10-17(19)15-8-13(3)16(18)9-12(15)2/h4-9,17,19H,10H2,1-3H3. The van der Waals surface area contributed by atoms with Crippen LogP contribution in [-0.4, -0.2) is 5.11 Å². The number of halogens is 1. The SMILES string of the molecule is Cc1ccc(CC(O)c2cc(C)c(Br)cc2C)cc1. The van der Waals surface area contributed by atoms with Gasteiger partial charge in [-0.2, -0.15) is 0 Å². The van der Waals surface area contributed by atoms with Gasteiger partial charge in [0.1, 0.15) is 0 Å². The van der Waals surface area contributed by atoms with Crippen LogP contribution in [0.5, 0.6) is 0 Å². The molecule has 0 saturated heterocycles. The van der Waals surface area contributed by atoms with Crippen LogP contribution in [0.3, 0.4) is 0 Å². The van der Waals surface area contributed by atoms with Crippen molar-refractivity contribution in [1.82, 2.24) is 0 Å². The van der Waals surface area contributed by atoms with Gasteiger partial charge in [0, 0.05) is 10.9 Å². The van der Waals surface area contributed by atoms with Crippen molar-refractivity contribution in [3.8, 4) is 0 Å². The van der Waals surface area contributed by atoms with Gasteiger partial charge >= 0.3 is 0 Å². The summed E-state index contributed by atoms with van der Waals surface area (Å²) in [5.74, 6) is 0. The van der Waals surface area contributed by atoms with E-state index in [9.17, 15) is 5.11 Å². The van der Waals surface area contributed by atoms with Gasteiger partial charge in [0.15, 0.2) is 0 Å². The predicted molar refractivity (Wildman–Crippen MR) is 83.5 cm³/mol. The molecule has 2 aromatic rings. The summed E-state index contributed by atoms with van der Waals surface area (Å²) in [6.07, 6.45) is 0.205. The Labute approximate surface area is 123 Å². The smallest absolute Gasteiger partial charge is 0.0833 e. The van der Waals surface area contributed by atoms with Gasteiger partial charge in [-0.15, -0.1) is 0 Å². The molecule has 0 aliphatic heterocycles. The molecule has 0 aliphatic rings. The number of benzene rings is 2. The van der Waals surface area contributed by atoms with E-state index in [-0.39, 0.29) is 0 Å². The second kappa shape index (κ2) is 5.89. The first kappa shape index (κ1) is 14.3. The topological polar surface area (TPSA) is 20.2 Å². The number of rotatable bonds is 3. The number of aryl methyl sites for hydroxylation is 3. The van der Waals surface area contributed by atoms with Crippen LogP contribution < -0.4 is 0 Å². The lowest BCUT2D eigenvalue weighted by atomic mass is 9.96. The summed E-state index contributed by atoms with van der Waals surface area (Å²) in [5.41, 5.74) is 5.70. The molecule has 1 N–H and O–H groups in total. The Morgan fingerprint density at radius 2 is 1.63 bits per heavy atom. The highest BCUT2D eigenvalue weighted by molar-refractivity contribution is 9.10. The van der Waals surface area contributed by atoms with E-state index < -0.39 is 6.10 Å². The van der Waals surface area contributed by atoms with Crippen LogP contribution in [0.2, 0.25) is 0 Å². The largest absolute Gasteiger partial charge is 0.388 e. The van der Waals surface area contributed by atoms with Gasteiger partial charge < -0.3 is 5.11 Å². The molecule has 2 heteroatoms. The number of aliphatic hydroxyl groups is 1. The minimum absolute atomic E-state index is 0.450. The van der Waals surface area contributed by atoms with E-state index in [0.717, 1.165) is 26.7 Å². The third-order valence-corrected chi connectivity index (χ3v) is 4.31. The predicted octanol–water partition coefficient (Wildman–Crippen LogP) is 4.65. The third-order valence-electron chi connectivity index (χ3n) is 3.46. The highest BCUT2D eigenvalue weighted by Gasteiger charge is 2.12. The van der Waals surface area contributed by atoms with Gasteiger partial charge in [0.2, 0.25) is 0 Å². The molecule has 100 valence electrons. The second-order valence-electron chi connectivity index (χ2n) is 5.16. The van der Waals surface area contributed by atoms with Crippen LogP contribution in [0, 0.1) is 20.8 Å². The second-order valence-corrected chi connectivity index (χ2v) is 6.02. The van der Waals surface area contributed by atoms with Crippen LogP contribution in [0.25, 0.3) is 0 Å². The minimum atomic E-state index is -0.450. The molecule has 0 spiro atoms. The van der Waals surface area contributed by atoms with E-state index >= 15 is 0 Å². The van der Waals surface area contributed by atoms with Crippen molar-refractivity contribution >= 4 is 15.9 Å². The van der Waals surface area contributed by atoms with Crippen LogP contribution in [0.4, 0.5) is 0 Å². The molecule has 0 bridgehead atoms. The molecule has 1 unspecified atom stereocenters. The zero-order chi connectivity index (χ0) is 14.0. The molecule has 0 saturated carbocycles. The van der Waals surface area contributed by atoms with Gasteiger partial charge in [-0.25, -0.2) is 0 Å². The quantitative estimate of drug-likeness (QED) is 0.873. The number of aliphatic hydroxyl groups excluding tert-OH is 1. The van der Waals surface area contributed by atoms with E-state index in [1.165, 1.54) is 5.56 Å². The highest BCUT2D eigenvalue weighted by Crippen LogP contribution is 2.27. The number of hydrogen-bond acceptors (Lipinski definition) is 1. The molecule has 0 aliphatic carbocycles. The first-order valence-electron chi connectivity index (χ1n) is 6.47. The van der Waals surface area contributed by atoms with E-state index in [1.54, 1.807) is 0 Å². The Balaban J connectivity index is 2.22. The van der Waals surface area contributed by atoms with E-state index in [4.69, 9.17) is 0 Å². The first-order chi connectivity index (χ1) is 8.97. The van der Waals surface area contributed by atoms with Crippen molar-refractivity contribution in [2.45, 2.75) is 33.3 Å². The van der Waals surface area contributed by atoms with Gasteiger partial charge in [-0.3, -0.25) is 0 Å². The Morgan fingerprint density at radius 1 is 1.00 bits per heavy atom. The van der Waals surface area contributed by atoms with Crippen molar-refractivity contribution in [3.05, 3.63) is 68.7 Å². The molecule has 0 amide bonds. The third kappa shape index (κ3) is 3.46. The monoisotopic (exact) mass is 318 g/mol. The Bertz CT molecular complexity index is 573. The highest BCUT2D eigenvalue weighted by atomic mass is 79.9. The molecule has 0 fully saturated rings. The first-order valence-corrected chi connectivity index (χ1v) is 7.27. The summed E-state index contributed by atoms with van der Waals surface area (Å²) >= 11 is 3.52.